The zero-order valence-electron chi connectivity index (χ0n) is 22.0. The molecular formula is C28H34N4O4S. The summed E-state index contributed by atoms with van der Waals surface area (Å²) in [6.07, 6.45) is 0.943. The molecule has 4 rings (SSSR count). The molecule has 1 aliphatic heterocycles. The number of anilines is 1. The van der Waals surface area contributed by atoms with Crippen LogP contribution in [0.4, 0.5) is 5.95 Å². The van der Waals surface area contributed by atoms with Crippen LogP contribution in [0.5, 0.6) is 11.5 Å². The van der Waals surface area contributed by atoms with Crippen LogP contribution in [0.25, 0.3) is 0 Å². The molecule has 3 aromatic rings. The number of carbonyl (C=O) groups is 1. The van der Waals surface area contributed by atoms with Gasteiger partial charge in [-0.15, -0.1) is 5.10 Å². The number of rotatable bonds is 11. The van der Waals surface area contributed by atoms with E-state index in [0.29, 0.717) is 46.4 Å². The van der Waals surface area contributed by atoms with E-state index in [2.05, 4.69) is 24.1 Å². The molecule has 1 N–H and O–H groups in total. The second-order valence-electron chi connectivity index (χ2n) is 9.16. The number of allylic oxidation sites excluding steroid dienone is 1. The Morgan fingerprint density at radius 3 is 2.65 bits per heavy atom. The van der Waals surface area contributed by atoms with Crippen LogP contribution in [0.2, 0.25) is 0 Å². The molecule has 0 aliphatic carbocycles. The molecule has 0 spiro atoms. The van der Waals surface area contributed by atoms with Gasteiger partial charge in [-0.3, -0.25) is 0 Å². The van der Waals surface area contributed by atoms with Crippen molar-refractivity contribution in [3.63, 3.8) is 0 Å². The number of ether oxygens (including phenoxy) is 3. The molecular weight excluding hydrogens is 488 g/mol. The summed E-state index contributed by atoms with van der Waals surface area (Å²) >= 11 is 1.54. The van der Waals surface area contributed by atoms with Crippen molar-refractivity contribution >= 4 is 23.7 Å². The van der Waals surface area contributed by atoms with E-state index in [1.807, 2.05) is 62.4 Å². The Hall–Kier alpha value is -3.46. The van der Waals surface area contributed by atoms with Crippen LogP contribution >= 0.6 is 11.8 Å². The van der Waals surface area contributed by atoms with Gasteiger partial charge in [-0.05, 0) is 48.3 Å². The van der Waals surface area contributed by atoms with Gasteiger partial charge >= 0.3 is 5.97 Å². The van der Waals surface area contributed by atoms with Crippen LogP contribution < -0.4 is 14.8 Å². The monoisotopic (exact) mass is 522 g/mol. The van der Waals surface area contributed by atoms with Crippen molar-refractivity contribution in [2.75, 3.05) is 24.8 Å². The third kappa shape index (κ3) is 6.28. The predicted molar refractivity (Wildman–Crippen MR) is 145 cm³/mol. The topological polar surface area (TPSA) is 87.5 Å². The number of hydrogen-bond acceptors (Lipinski definition) is 8. The highest BCUT2D eigenvalue weighted by molar-refractivity contribution is 7.99. The second kappa shape index (κ2) is 12.2. The quantitative estimate of drug-likeness (QED) is 0.248. The van der Waals surface area contributed by atoms with Gasteiger partial charge in [-0.2, -0.15) is 4.98 Å². The Kier molecular flexibility index (Phi) is 8.76. The first kappa shape index (κ1) is 26.6. The standard InChI is InChI=1S/C28H34N4O4S/c1-6-37-28-30-27-29-19(4)24(26(33)36-17-20-10-8-7-9-11-20)25(32(27)31-28)21-12-13-22(23(16-21)34-5)35-15-14-18(2)3/h7-13,16,18,25H,6,14-15,17H2,1-5H3,(H,29,30,31). The molecule has 0 fully saturated rings. The van der Waals surface area contributed by atoms with E-state index >= 15 is 0 Å². The number of methoxy groups -OCH3 is 1. The van der Waals surface area contributed by atoms with Crippen LogP contribution in [0.3, 0.4) is 0 Å². The Labute approximate surface area is 222 Å². The molecule has 196 valence electrons. The van der Waals surface area contributed by atoms with Gasteiger partial charge in [0, 0.05) is 5.70 Å². The summed E-state index contributed by atoms with van der Waals surface area (Å²) in [5.41, 5.74) is 2.88. The predicted octanol–water partition coefficient (Wildman–Crippen LogP) is 5.86. The van der Waals surface area contributed by atoms with E-state index in [1.54, 1.807) is 23.6 Å². The number of benzene rings is 2. The number of esters is 1. The lowest BCUT2D eigenvalue weighted by molar-refractivity contribution is -0.140. The first-order chi connectivity index (χ1) is 17.9. The maximum atomic E-state index is 13.5. The van der Waals surface area contributed by atoms with Gasteiger partial charge in [0.15, 0.2) is 11.5 Å². The molecule has 37 heavy (non-hydrogen) atoms. The average molecular weight is 523 g/mol. The normalized spacial score (nSPS) is 14.8. The van der Waals surface area contributed by atoms with Crippen molar-refractivity contribution in [1.82, 2.24) is 14.8 Å². The first-order valence-electron chi connectivity index (χ1n) is 12.5. The summed E-state index contributed by atoms with van der Waals surface area (Å²) < 4.78 is 19.2. The molecule has 8 nitrogen and oxygen atoms in total. The molecule has 9 heteroatoms. The number of nitrogens with one attached hydrogen (secondary N) is 1. The second-order valence-corrected chi connectivity index (χ2v) is 10.4. The fourth-order valence-corrected chi connectivity index (χ4v) is 4.63. The average Bonchev–Trinajstić information content (AvgIpc) is 3.29. The minimum absolute atomic E-state index is 0.177. The van der Waals surface area contributed by atoms with Gasteiger partial charge < -0.3 is 19.5 Å². The fraction of sp³-hybridized carbons (Fsp3) is 0.393. The minimum atomic E-state index is -0.545. The van der Waals surface area contributed by atoms with Gasteiger partial charge in [0.25, 0.3) is 0 Å². The van der Waals surface area contributed by atoms with Crippen LogP contribution in [0.1, 0.15) is 51.3 Å². The lowest BCUT2D eigenvalue weighted by Gasteiger charge is -2.28. The number of thioether (sulfide) groups is 1. The lowest BCUT2D eigenvalue weighted by atomic mass is 9.95. The number of carbonyl (C=O) groups excluding carboxylic acids is 1. The summed E-state index contributed by atoms with van der Waals surface area (Å²) in [4.78, 5) is 18.1. The van der Waals surface area contributed by atoms with Crippen molar-refractivity contribution < 1.29 is 19.0 Å². The number of fused-ring (bicyclic) bond motifs is 1. The zero-order chi connectivity index (χ0) is 26.4. The first-order valence-corrected chi connectivity index (χ1v) is 13.5. The molecule has 2 heterocycles. The van der Waals surface area contributed by atoms with Gasteiger partial charge in [-0.25, -0.2) is 9.48 Å². The fourth-order valence-electron chi connectivity index (χ4n) is 4.07. The van der Waals surface area contributed by atoms with Gasteiger partial charge in [0.05, 0.1) is 19.3 Å². The molecule has 0 radical (unpaired) electrons. The smallest absolute Gasteiger partial charge is 0.338 e. The van der Waals surface area contributed by atoms with E-state index in [1.165, 1.54) is 0 Å². The van der Waals surface area contributed by atoms with E-state index in [-0.39, 0.29) is 6.61 Å². The van der Waals surface area contributed by atoms with Crippen LogP contribution in [-0.2, 0) is 16.1 Å². The SMILES string of the molecule is CCSc1nc2n(n1)C(c1ccc(OCCC(C)C)c(OC)c1)C(C(=O)OCc1ccccc1)=C(C)N2. The molecule has 0 amide bonds. The van der Waals surface area contributed by atoms with Gasteiger partial charge in [0.1, 0.15) is 12.6 Å². The van der Waals surface area contributed by atoms with E-state index in [0.717, 1.165) is 23.3 Å². The van der Waals surface area contributed by atoms with Crippen molar-refractivity contribution in [1.29, 1.82) is 0 Å². The third-order valence-electron chi connectivity index (χ3n) is 6.00. The highest BCUT2D eigenvalue weighted by atomic mass is 32.2. The lowest BCUT2D eigenvalue weighted by Crippen LogP contribution is -2.29. The Morgan fingerprint density at radius 1 is 1.16 bits per heavy atom. The van der Waals surface area contributed by atoms with Crippen LogP contribution in [0.15, 0.2) is 65.0 Å². The number of aromatic nitrogens is 3. The molecule has 2 aromatic carbocycles. The Morgan fingerprint density at radius 2 is 1.95 bits per heavy atom. The van der Waals surface area contributed by atoms with Gasteiger partial charge in [-0.1, -0.05) is 68.9 Å². The molecule has 0 saturated heterocycles. The molecule has 1 aromatic heterocycles. The molecule has 0 saturated carbocycles. The third-order valence-corrected chi connectivity index (χ3v) is 6.72. The van der Waals surface area contributed by atoms with Crippen molar-refractivity contribution in [3.8, 4) is 11.5 Å². The van der Waals surface area contributed by atoms with Crippen LogP contribution in [0, 0.1) is 5.92 Å². The van der Waals surface area contributed by atoms with Crippen molar-refractivity contribution in [2.24, 2.45) is 5.92 Å². The summed E-state index contributed by atoms with van der Waals surface area (Å²) in [7, 11) is 1.61. The maximum Gasteiger partial charge on any atom is 0.338 e. The van der Waals surface area contributed by atoms with Gasteiger partial charge in [0.2, 0.25) is 11.1 Å². The largest absolute Gasteiger partial charge is 0.493 e. The summed E-state index contributed by atoms with van der Waals surface area (Å²) in [6.45, 7) is 9.01. The Bertz CT molecular complexity index is 1260. The summed E-state index contributed by atoms with van der Waals surface area (Å²) in [6, 6.07) is 14.8. The highest BCUT2D eigenvalue weighted by Crippen LogP contribution is 2.40. The molecule has 1 aliphatic rings. The summed E-state index contributed by atoms with van der Waals surface area (Å²) in [5.74, 6) is 2.80. The van der Waals surface area contributed by atoms with E-state index < -0.39 is 12.0 Å². The van der Waals surface area contributed by atoms with E-state index in [9.17, 15) is 4.79 Å². The number of hydrogen-bond donors (Lipinski definition) is 1. The van der Waals surface area contributed by atoms with E-state index in [4.69, 9.17) is 19.3 Å². The zero-order valence-corrected chi connectivity index (χ0v) is 22.8. The summed E-state index contributed by atoms with van der Waals surface area (Å²) in [5, 5.41) is 8.61. The maximum absolute atomic E-state index is 13.5. The van der Waals surface area contributed by atoms with Crippen molar-refractivity contribution in [2.45, 2.75) is 51.9 Å². The van der Waals surface area contributed by atoms with Crippen molar-refractivity contribution in [3.05, 3.63) is 70.9 Å². The highest BCUT2D eigenvalue weighted by Gasteiger charge is 2.35. The minimum Gasteiger partial charge on any atom is -0.493 e. The molecule has 1 unspecified atom stereocenters. The number of nitrogens with zero attached hydrogens (tertiary/aromatic N) is 3. The van der Waals surface area contributed by atoms with Crippen LogP contribution in [-0.4, -0.2) is 40.2 Å². The molecule has 1 atom stereocenters. The Balaban J connectivity index is 1.69. The molecule has 0 bridgehead atoms.